The van der Waals surface area contributed by atoms with Gasteiger partial charge in [0.05, 0.1) is 39.9 Å². The molecule has 8 nitrogen and oxygen atoms in total. The fraction of sp³-hybridized carbons (Fsp3) is 0.850. The molecule has 9 heteroatoms. The van der Waals surface area contributed by atoms with Gasteiger partial charge in [-0.05, 0) is 70.6 Å². The average Bonchev–Trinajstić information content (AvgIpc) is 3.31. The maximum atomic E-state index is 13.0. The molecule has 0 spiro atoms. The minimum Gasteiger partial charge on any atom is -0.387 e. The number of aliphatic hydroxyl groups excluding tert-OH is 1. The first kappa shape index (κ1) is 67.5. The molecule has 3 unspecified atom stereocenters. The van der Waals surface area contributed by atoms with Gasteiger partial charge < -0.3 is 19.8 Å². The van der Waals surface area contributed by atoms with Crippen LogP contribution in [0.25, 0.3) is 0 Å². The summed E-state index contributed by atoms with van der Waals surface area (Å²) in [5, 5.41) is 13.9. The number of phosphoric acid groups is 1. The van der Waals surface area contributed by atoms with Crippen LogP contribution in [0, 0.1) is 0 Å². The Labute approximate surface area is 429 Å². The average molecular weight is 993 g/mol. The molecule has 0 aromatic heterocycles. The highest BCUT2D eigenvalue weighted by molar-refractivity contribution is 7.47. The van der Waals surface area contributed by atoms with E-state index in [1.54, 1.807) is 6.08 Å². The van der Waals surface area contributed by atoms with E-state index in [2.05, 4.69) is 55.6 Å². The van der Waals surface area contributed by atoms with E-state index in [1.807, 2.05) is 27.2 Å². The summed E-state index contributed by atoms with van der Waals surface area (Å²) >= 11 is 0. The third kappa shape index (κ3) is 54.1. The standard InChI is InChI=1S/C60H115N2O6P/c1-6-8-10-12-14-16-18-20-22-23-24-25-26-27-28-29-30-31-32-33-34-35-36-37-38-39-40-42-44-46-48-50-52-54-60(64)61-58(57-68-69(65,66)67-56-55-62(3,4)5)59(63)53-51-49-47-45-43-41-21-19-17-15-13-11-9-7-2/h17,19,23-24,43,45,51,53,58-59,63H,6-16,18,20-22,25-42,44,46-50,52,54-57H2,1-5H3,(H-,61,64,65,66)/p+1/b19-17+,24-23-,45-43+,53-51+. The number of unbranched alkanes of at least 4 members (excludes halogenated alkanes) is 35. The SMILES string of the molecule is CCCCCC/C=C/CC/C=C/CC/C=C/C(O)C(COP(=O)(O)OCC[N+](C)(C)C)NC(=O)CCCCCCCCCCCCCCCCCCCCCCC/C=C\CCCCCCCCCC. The number of rotatable bonds is 54. The Bertz CT molecular complexity index is 1260. The van der Waals surface area contributed by atoms with Crippen LogP contribution < -0.4 is 5.32 Å². The summed E-state index contributed by atoms with van der Waals surface area (Å²) < 4.78 is 23.6. The van der Waals surface area contributed by atoms with Gasteiger partial charge >= 0.3 is 7.82 Å². The first-order chi connectivity index (χ1) is 33.5. The predicted octanol–water partition coefficient (Wildman–Crippen LogP) is 17.9. The van der Waals surface area contributed by atoms with E-state index >= 15 is 0 Å². The maximum absolute atomic E-state index is 13.0. The molecule has 0 aliphatic heterocycles. The Balaban J connectivity index is 4.02. The van der Waals surface area contributed by atoms with Crippen LogP contribution in [0.2, 0.25) is 0 Å². The van der Waals surface area contributed by atoms with Gasteiger partial charge in [0.15, 0.2) is 0 Å². The second kappa shape index (κ2) is 51.4. The van der Waals surface area contributed by atoms with Crippen molar-refractivity contribution in [3.63, 3.8) is 0 Å². The lowest BCUT2D eigenvalue weighted by molar-refractivity contribution is -0.870. The van der Waals surface area contributed by atoms with Crippen LogP contribution in [-0.4, -0.2) is 73.4 Å². The molecule has 0 saturated carbocycles. The summed E-state index contributed by atoms with van der Waals surface area (Å²) in [7, 11) is 1.55. The molecule has 0 saturated heterocycles. The van der Waals surface area contributed by atoms with Gasteiger partial charge in [0.1, 0.15) is 13.2 Å². The van der Waals surface area contributed by atoms with E-state index in [1.165, 1.54) is 212 Å². The topological polar surface area (TPSA) is 105 Å². The maximum Gasteiger partial charge on any atom is 0.472 e. The molecule has 406 valence electrons. The number of quaternary nitrogens is 1. The number of amides is 1. The first-order valence-corrected chi connectivity index (χ1v) is 31.0. The van der Waals surface area contributed by atoms with Crippen LogP contribution in [0.1, 0.15) is 277 Å². The fourth-order valence-corrected chi connectivity index (χ4v) is 9.34. The largest absolute Gasteiger partial charge is 0.472 e. The van der Waals surface area contributed by atoms with Crippen LogP contribution in [0.3, 0.4) is 0 Å². The molecule has 3 N–H and O–H groups in total. The van der Waals surface area contributed by atoms with Crippen molar-refractivity contribution in [1.82, 2.24) is 5.32 Å². The number of aliphatic hydroxyl groups is 1. The molecule has 0 radical (unpaired) electrons. The number of carbonyl (C=O) groups excluding carboxylic acids is 1. The molecule has 0 heterocycles. The molecular formula is C60H116N2O6P+. The van der Waals surface area contributed by atoms with Crippen molar-refractivity contribution in [1.29, 1.82) is 0 Å². The zero-order valence-electron chi connectivity index (χ0n) is 46.3. The number of phosphoric ester groups is 1. The normalized spacial score (nSPS) is 14.2. The Morgan fingerprint density at radius 1 is 0.478 bits per heavy atom. The number of nitrogens with one attached hydrogen (secondary N) is 1. The van der Waals surface area contributed by atoms with Crippen molar-refractivity contribution in [2.45, 2.75) is 289 Å². The molecule has 0 aromatic carbocycles. The van der Waals surface area contributed by atoms with Crippen LogP contribution in [-0.2, 0) is 18.4 Å². The van der Waals surface area contributed by atoms with E-state index in [-0.39, 0.29) is 19.1 Å². The third-order valence-electron chi connectivity index (χ3n) is 13.2. The third-order valence-corrected chi connectivity index (χ3v) is 14.2. The Morgan fingerprint density at radius 2 is 0.797 bits per heavy atom. The van der Waals surface area contributed by atoms with Gasteiger partial charge in [-0.25, -0.2) is 4.57 Å². The lowest BCUT2D eigenvalue weighted by Gasteiger charge is -2.25. The first-order valence-electron chi connectivity index (χ1n) is 29.5. The molecule has 1 amide bonds. The zero-order valence-corrected chi connectivity index (χ0v) is 47.2. The number of allylic oxidation sites excluding steroid dienone is 7. The van der Waals surface area contributed by atoms with Crippen LogP contribution >= 0.6 is 7.82 Å². The molecule has 0 aliphatic carbocycles. The fourth-order valence-electron chi connectivity index (χ4n) is 8.60. The molecule has 0 aromatic rings. The van der Waals surface area contributed by atoms with Crippen LogP contribution in [0.15, 0.2) is 48.6 Å². The van der Waals surface area contributed by atoms with E-state index in [0.29, 0.717) is 17.4 Å². The van der Waals surface area contributed by atoms with Gasteiger partial charge in [0.25, 0.3) is 0 Å². The quantitative estimate of drug-likeness (QED) is 0.0243. The summed E-state index contributed by atoms with van der Waals surface area (Å²) in [6.45, 7) is 4.78. The van der Waals surface area contributed by atoms with Gasteiger partial charge in [-0.1, -0.05) is 249 Å². The van der Waals surface area contributed by atoms with E-state index in [9.17, 15) is 19.4 Å². The summed E-state index contributed by atoms with van der Waals surface area (Å²) in [6.07, 6.45) is 68.1. The molecule has 0 aliphatic rings. The molecule has 69 heavy (non-hydrogen) atoms. The Hall–Kier alpha value is -1.54. The highest BCUT2D eigenvalue weighted by atomic mass is 31.2. The Kier molecular flexibility index (Phi) is 50.2. The summed E-state index contributed by atoms with van der Waals surface area (Å²) in [4.78, 5) is 23.2. The van der Waals surface area contributed by atoms with E-state index < -0.39 is 20.0 Å². The molecule has 0 fully saturated rings. The van der Waals surface area contributed by atoms with E-state index in [0.717, 1.165) is 44.9 Å². The van der Waals surface area contributed by atoms with Crippen molar-refractivity contribution >= 4 is 13.7 Å². The van der Waals surface area contributed by atoms with Gasteiger partial charge in [0.2, 0.25) is 5.91 Å². The number of nitrogens with zero attached hydrogens (tertiary/aromatic N) is 1. The monoisotopic (exact) mass is 992 g/mol. The van der Waals surface area contributed by atoms with Gasteiger partial charge in [-0.15, -0.1) is 0 Å². The highest BCUT2D eigenvalue weighted by Gasteiger charge is 2.27. The van der Waals surface area contributed by atoms with E-state index in [4.69, 9.17) is 9.05 Å². The summed E-state index contributed by atoms with van der Waals surface area (Å²) in [5.41, 5.74) is 0. The van der Waals surface area contributed by atoms with Crippen molar-refractivity contribution in [2.75, 3.05) is 40.9 Å². The molecular weight excluding hydrogens is 876 g/mol. The van der Waals surface area contributed by atoms with Crippen molar-refractivity contribution < 1.29 is 32.9 Å². The number of hydrogen-bond acceptors (Lipinski definition) is 5. The summed E-state index contributed by atoms with van der Waals surface area (Å²) in [6, 6.07) is -0.868. The van der Waals surface area contributed by atoms with Gasteiger partial charge in [0, 0.05) is 6.42 Å². The Morgan fingerprint density at radius 3 is 1.17 bits per heavy atom. The van der Waals surface area contributed by atoms with Gasteiger partial charge in [-0.3, -0.25) is 13.8 Å². The van der Waals surface area contributed by atoms with Crippen molar-refractivity contribution in [3.05, 3.63) is 48.6 Å². The summed E-state index contributed by atoms with van der Waals surface area (Å²) in [5.74, 6) is -0.188. The van der Waals surface area contributed by atoms with Crippen molar-refractivity contribution in [3.8, 4) is 0 Å². The lowest BCUT2D eigenvalue weighted by atomic mass is 10.0. The highest BCUT2D eigenvalue weighted by Crippen LogP contribution is 2.43. The minimum atomic E-state index is -4.35. The molecule has 0 rings (SSSR count). The smallest absolute Gasteiger partial charge is 0.387 e. The lowest BCUT2D eigenvalue weighted by Crippen LogP contribution is -2.45. The minimum absolute atomic E-state index is 0.0540. The molecule has 0 bridgehead atoms. The van der Waals surface area contributed by atoms with Crippen molar-refractivity contribution in [2.24, 2.45) is 0 Å². The molecule has 3 atom stereocenters. The predicted molar refractivity (Wildman–Crippen MR) is 300 cm³/mol. The second-order valence-corrected chi connectivity index (χ2v) is 22.8. The van der Waals surface area contributed by atoms with Crippen LogP contribution in [0.4, 0.5) is 0 Å². The number of hydrogen-bond donors (Lipinski definition) is 3. The van der Waals surface area contributed by atoms with Crippen LogP contribution in [0.5, 0.6) is 0 Å². The number of carbonyl (C=O) groups is 1. The number of likely N-dealkylation sites (N-methyl/N-ethyl adjacent to an activating group) is 1. The van der Waals surface area contributed by atoms with Gasteiger partial charge in [-0.2, -0.15) is 0 Å². The second-order valence-electron chi connectivity index (χ2n) is 21.3. The zero-order chi connectivity index (χ0) is 50.6.